The molecule has 0 saturated heterocycles. The maximum absolute atomic E-state index is 9.86. The van der Waals surface area contributed by atoms with Crippen LogP contribution in [-0.2, 0) is 0 Å². The largest absolute Gasteiger partial charge is 0.390 e. The zero-order valence-corrected chi connectivity index (χ0v) is 11.8. The first-order valence-corrected chi connectivity index (χ1v) is 7.19. The van der Waals surface area contributed by atoms with Crippen LogP contribution < -0.4 is 5.32 Å². The lowest BCUT2D eigenvalue weighted by molar-refractivity contribution is 0.124. The Morgan fingerprint density at radius 3 is 2.41 bits per heavy atom. The molecule has 3 heteroatoms. The smallest absolute Gasteiger partial charge is 0.0791 e. The van der Waals surface area contributed by atoms with Gasteiger partial charge >= 0.3 is 0 Å². The highest BCUT2D eigenvalue weighted by Crippen LogP contribution is 2.27. The number of hydrogen-bond acceptors (Lipinski definition) is 3. The molecule has 2 unspecified atom stereocenters. The summed E-state index contributed by atoms with van der Waals surface area (Å²) in [5.74, 6) is 0.834. The van der Waals surface area contributed by atoms with Gasteiger partial charge in [0.1, 0.15) is 0 Å². The minimum Gasteiger partial charge on any atom is -0.390 e. The third-order valence-corrected chi connectivity index (χ3v) is 3.85. The summed E-state index contributed by atoms with van der Waals surface area (Å²) in [6.45, 7) is 3.73. The molecule has 17 heavy (non-hydrogen) atoms. The predicted octanol–water partition coefficient (Wildman–Crippen LogP) is 1.86. The van der Waals surface area contributed by atoms with Crippen LogP contribution in [0.4, 0.5) is 0 Å². The molecule has 2 atom stereocenters. The fourth-order valence-electron chi connectivity index (χ4n) is 2.95. The Labute approximate surface area is 107 Å². The molecule has 0 aromatic rings. The van der Waals surface area contributed by atoms with E-state index in [0.717, 1.165) is 19.0 Å². The van der Waals surface area contributed by atoms with E-state index in [0.29, 0.717) is 6.04 Å². The molecule has 0 aromatic heterocycles. The summed E-state index contributed by atoms with van der Waals surface area (Å²) in [4.78, 5) is 2.04. The lowest BCUT2D eigenvalue weighted by Crippen LogP contribution is -2.43. The van der Waals surface area contributed by atoms with Crippen LogP contribution >= 0.6 is 0 Å². The van der Waals surface area contributed by atoms with Crippen LogP contribution in [0.5, 0.6) is 0 Å². The SMILES string of the molecule is CCC(NCC(O)CN(C)C)C1CCCCC1. The Hall–Kier alpha value is -0.120. The van der Waals surface area contributed by atoms with Gasteiger partial charge < -0.3 is 15.3 Å². The first-order chi connectivity index (χ1) is 8.13. The molecular formula is C14H30N2O. The summed E-state index contributed by atoms with van der Waals surface area (Å²) < 4.78 is 0. The van der Waals surface area contributed by atoms with Crippen LogP contribution in [-0.4, -0.2) is 49.3 Å². The molecule has 0 heterocycles. The van der Waals surface area contributed by atoms with Gasteiger partial charge in [-0.25, -0.2) is 0 Å². The highest BCUT2D eigenvalue weighted by atomic mass is 16.3. The van der Waals surface area contributed by atoms with Gasteiger partial charge in [-0.2, -0.15) is 0 Å². The van der Waals surface area contributed by atoms with E-state index in [1.54, 1.807) is 0 Å². The van der Waals surface area contributed by atoms with E-state index in [4.69, 9.17) is 0 Å². The van der Waals surface area contributed by atoms with Crippen molar-refractivity contribution in [1.29, 1.82) is 0 Å². The van der Waals surface area contributed by atoms with Crippen molar-refractivity contribution in [3.63, 3.8) is 0 Å². The van der Waals surface area contributed by atoms with Crippen molar-refractivity contribution in [2.75, 3.05) is 27.2 Å². The lowest BCUT2D eigenvalue weighted by atomic mass is 9.83. The van der Waals surface area contributed by atoms with E-state index in [9.17, 15) is 5.11 Å². The molecule has 3 nitrogen and oxygen atoms in total. The number of likely N-dealkylation sites (N-methyl/N-ethyl adjacent to an activating group) is 1. The fraction of sp³-hybridized carbons (Fsp3) is 1.00. The predicted molar refractivity (Wildman–Crippen MR) is 73.2 cm³/mol. The van der Waals surface area contributed by atoms with E-state index in [1.807, 2.05) is 19.0 Å². The van der Waals surface area contributed by atoms with Gasteiger partial charge in [-0.15, -0.1) is 0 Å². The van der Waals surface area contributed by atoms with Crippen LogP contribution in [0.15, 0.2) is 0 Å². The molecule has 0 spiro atoms. The van der Waals surface area contributed by atoms with Crippen molar-refractivity contribution in [2.45, 2.75) is 57.6 Å². The molecule has 0 amide bonds. The highest BCUT2D eigenvalue weighted by molar-refractivity contribution is 4.79. The van der Waals surface area contributed by atoms with Crippen molar-refractivity contribution in [3.05, 3.63) is 0 Å². The number of nitrogens with zero attached hydrogens (tertiary/aromatic N) is 1. The van der Waals surface area contributed by atoms with Gasteiger partial charge in [-0.1, -0.05) is 26.2 Å². The summed E-state index contributed by atoms with van der Waals surface area (Å²) in [5, 5.41) is 13.4. The second-order valence-corrected chi connectivity index (χ2v) is 5.74. The lowest BCUT2D eigenvalue weighted by Gasteiger charge is -2.31. The molecular weight excluding hydrogens is 212 g/mol. The van der Waals surface area contributed by atoms with E-state index in [2.05, 4.69) is 12.2 Å². The zero-order valence-electron chi connectivity index (χ0n) is 11.8. The summed E-state index contributed by atoms with van der Waals surface area (Å²) >= 11 is 0. The summed E-state index contributed by atoms with van der Waals surface area (Å²) in [7, 11) is 4.00. The summed E-state index contributed by atoms with van der Waals surface area (Å²) in [6, 6.07) is 0.604. The average Bonchev–Trinajstić information content (AvgIpc) is 2.30. The molecule has 102 valence electrons. The molecule has 2 N–H and O–H groups in total. The van der Waals surface area contributed by atoms with Gasteiger partial charge in [0.25, 0.3) is 0 Å². The quantitative estimate of drug-likeness (QED) is 0.715. The fourth-order valence-corrected chi connectivity index (χ4v) is 2.95. The molecule has 0 bridgehead atoms. The van der Waals surface area contributed by atoms with E-state index >= 15 is 0 Å². The molecule has 1 aliphatic carbocycles. The molecule has 0 aliphatic heterocycles. The first-order valence-electron chi connectivity index (χ1n) is 7.19. The first kappa shape index (κ1) is 14.9. The Balaban J connectivity index is 2.25. The van der Waals surface area contributed by atoms with Crippen molar-refractivity contribution < 1.29 is 5.11 Å². The van der Waals surface area contributed by atoms with E-state index in [1.165, 1.54) is 38.5 Å². The Kier molecular flexibility index (Phi) is 7.09. The third kappa shape index (κ3) is 5.84. The second kappa shape index (κ2) is 8.06. The summed E-state index contributed by atoms with van der Waals surface area (Å²) in [5.41, 5.74) is 0. The minimum atomic E-state index is -0.248. The van der Waals surface area contributed by atoms with E-state index < -0.39 is 0 Å². The number of aliphatic hydroxyl groups excluding tert-OH is 1. The Bertz CT molecular complexity index is 191. The van der Waals surface area contributed by atoms with Crippen LogP contribution in [0.25, 0.3) is 0 Å². The van der Waals surface area contributed by atoms with Crippen LogP contribution in [0.1, 0.15) is 45.4 Å². The summed E-state index contributed by atoms with van der Waals surface area (Å²) in [6.07, 6.45) is 7.87. The second-order valence-electron chi connectivity index (χ2n) is 5.74. The normalized spacial score (nSPS) is 21.7. The number of aliphatic hydroxyl groups is 1. The molecule has 1 rings (SSSR count). The maximum atomic E-state index is 9.86. The van der Waals surface area contributed by atoms with Crippen LogP contribution in [0.3, 0.4) is 0 Å². The number of hydrogen-bond donors (Lipinski definition) is 2. The third-order valence-electron chi connectivity index (χ3n) is 3.85. The Morgan fingerprint density at radius 2 is 1.88 bits per heavy atom. The van der Waals surface area contributed by atoms with Gasteiger partial charge in [0.2, 0.25) is 0 Å². The molecule has 0 aromatic carbocycles. The van der Waals surface area contributed by atoms with Gasteiger partial charge in [0, 0.05) is 19.1 Å². The van der Waals surface area contributed by atoms with Crippen molar-refractivity contribution in [3.8, 4) is 0 Å². The number of rotatable bonds is 7. The van der Waals surface area contributed by atoms with Gasteiger partial charge in [0.05, 0.1) is 6.10 Å². The van der Waals surface area contributed by atoms with Crippen LogP contribution in [0, 0.1) is 5.92 Å². The van der Waals surface area contributed by atoms with Crippen LogP contribution in [0.2, 0.25) is 0 Å². The standard InChI is InChI=1S/C14H30N2O/c1-4-14(12-8-6-5-7-9-12)15-10-13(17)11-16(2)3/h12-15,17H,4-11H2,1-3H3. The van der Waals surface area contributed by atoms with Crippen molar-refractivity contribution in [2.24, 2.45) is 5.92 Å². The van der Waals surface area contributed by atoms with E-state index in [-0.39, 0.29) is 6.10 Å². The molecule has 1 aliphatic rings. The minimum absolute atomic E-state index is 0.248. The molecule has 1 saturated carbocycles. The van der Waals surface area contributed by atoms with Crippen molar-refractivity contribution in [1.82, 2.24) is 10.2 Å². The number of nitrogens with one attached hydrogen (secondary N) is 1. The van der Waals surface area contributed by atoms with Crippen molar-refractivity contribution >= 4 is 0 Å². The monoisotopic (exact) mass is 242 g/mol. The Morgan fingerprint density at radius 1 is 1.24 bits per heavy atom. The maximum Gasteiger partial charge on any atom is 0.0791 e. The molecule has 1 fully saturated rings. The van der Waals surface area contributed by atoms with Gasteiger partial charge in [0.15, 0.2) is 0 Å². The topological polar surface area (TPSA) is 35.5 Å². The average molecular weight is 242 g/mol. The van der Waals surface area contributed by atoms with Gasteiger partial charge in [-0.05, 0) is 39.3 Å². The molecule has 0 radical (unpaired) electrons. The van der Waals surface area contributed by atoms with Gasteiger partial charge in [-0.3, -0.25) is 0 Å². The zero-order chi connectivity index (χ0) is 12.7. The highest BCUT2D eigenvalue weighted by Gasteiger charge is 2.22.